The predicted octanol–water partition coefficient (Wildman–Crippen LogP) is 2.23. The molecule has 0 amide bonds. The van der Waals surface area contributed by atoms with Crippen molar-refractivity contribution >= 4 is 5.69 Å². The van der Waals surface area contributed by atoms with Crippen LogP contribution < -0.4 is 5.32 Å². The van der Waals surface area contributed by atoms with Gasteiger partial charge in [0, 0.05) is 24.9 Å². The maximum atomic E-state index is 9.29. The smallest absolute Gasteiger partial charge is 0.117 e. The zero-order chi connectivity index (χ0) is 10.5. The monoisotopic (exact) mass is 207 g/mol. The van der Waals surface area contributed by atoms with Crippen LogP contribution in [0.1, 0.15) is 12.8 Å². The van der Waals surface area contributed by atoms with Gasteiger partial charge in [-0.25, -0.2) is 0 Å². The van der Waals surface area contributed by atoms with Gasteiger partial charge in [0.25, 0.3) is 0 Å². The summed E-state index contributed by atoms with van der Waals surface area (Å²) in [5.74, 6) is 0.904. The molecule has 1 aromatic rings. The Labute approximate surface area is 90.1 Å². The Kier molecular flexibility index (Phi) is 3.45. The first kappa shape index (κ1) is 10.3. The summed E-state index contributed by atoms with van der Waals surface area (Å²) in [7, 11) is 0. The number of phenols is 1. The SMILES string of the molecule is Oc1cccc(NCC2CCCOC2)c1. The van der Waals surface area contributed by atoms with Gasteiger partial charge in [-0.3, -0.25) is 0 Å². The van der Waals surface area contributed by atoms with Gasteiger partial charge in [-0.2, -0.15) is 0 Å². The fourth-order valence-electron chi connectivity index (χ4n) is 1.85. The minimum atomic E-state index is 0.305. The summed E-state index contributed by atoms with van der Waals surface area (Å²) in [5.41, 5.74) is 0.973. The van der Waals surface area contributed by atoms with Gasteiger partial charge in [0.2, 0.25) is 0 Å². The fraction of sp³-hybridized carbons (Fsp3) is 0.500. The van der Waals surface area contributed by atoms with Crippen molar-refractivity contribution in [1.29, 1.82) is 0 Å². The van der Waals surface area contributed by atoms with Crippen molar-refractivity contribution in [2.24, 2.45) is 5.92 Å². The Bertz CT molecular complexity index is 308. The van der Waals surface area contributed by atoms with Crippen LogP contribution in [0.25, 0.3) is 0 Å². The van der Waals surface area contributed by atoms with E-state index >= 15 is 0 Å². The molecule has 1 heterocycles. The van der Waals surface area contributed by atoms with Gasteiger partial charge >= 0.3 is 0 Å². The third-order valence-corrected chi connectivity index (χ3v) is 2.70. The molecule has 2 N–H and O–H groups in total. The highest BCUT2D eigenvalue weighted by molar-refractivity contribution is 5.47. The normalized spacial score (nSPS) is 21.2. The molecule has 3 heteroatoms. The highest BCUT2D eigenvalue weighted by Gasteiger charge is 2.13. The summed E-state index contributed by atoms with van der Waals surface area (Å²) in [6.07, 6.45) is 2.39. The van der Waals surface area contributed by atoms with Gasteiger partial charge in [0.1, 0.15) is 5.75 Å². The van der Waals surface area contributed by atoms with Crippen LogP contribution in [0.15, 0.2) is 24.3 Å². The first-order valence-corrected chi connectivity index (χ1v) is 5.45. The molecule has 1 saturated heterocycles. The van der Waals surface area contributed by atoms with E-state index in [4.69, 9.17) is 4.74 Å². The molecule has 0 aliphatic carbocycles. The molecule has 0 saturated carbocycles. The Morgan fingerprint density at radius 3 is 3.13 bits per heavy atom. The van der Waals surface area contributed by atoms with Crippen molar-refractivity contribution in [1.82, 2.24) is 0 Å². The summed E-state index contributed by atoms with van der Waals surface area (Å²) in [4.78, 5) is 0. The number of rotatable bonds is 3. The quantitative estimate of drug-likeness (QED) is 0.798. The number of ether oxygens (including phenoxy) is 1. The van der Waals surface area contributed by atoms with Crippen molar-refractivity contribution in [2.45, 2.75) is 12.8 Å². The van der Waals surface area contributed by atoms with Gasteiger partial charge in [0.05, 0.1) is 6.61 Å². The third kappa shape index (κ3) is 3.13. The number of nitrogens with one attached hydrogen (secondary N) is 1. The third-order valence-electron chi connectivity index (χ3n) is 2.70. The average Bonchev–Trinajstić information content (AvgIpc) is 2.28. The predicted molar refractivity (Wildman–Crippen MR) is 60.1 cm³/mol. The number of hydrogen-bond acceptors (Lipinski definition) is 3. The van der Waals surface area contributed by atoms with Crippen LogP contribution in [0.2, 0.25) is 0 Å². The molecule has 1 aliphatic heterocycles. The minimum absolute atomic E-state index is 0.305. The maximum Gasteiger partial charge on any atom is 0.117 e. The second kappa shape index (κ2) is 5.03. The summed E-state index contributed by atoms with van der Waals surface area (Å²) in [5, 5.41) is 12.6. The van der Waals surface area contributed by atoms with Crippen molar-refractivity contribution in [2.75, 3.05) is 25.1 Å². The lowest BCUT2D eigenvalue weighted by molar-refractivity contribution is 0.0595. The van der Waals surface area contributed by atoms with E-state index in [9.17, 15) is 5.11 Å². The van der Waals surface area contributed by atoms with E-state index in [1.165, 1.54) is 6.42 Å². The standard InChI is InChI=1S/C12H17NO2/c14-12-5-1-4-11(7-12)13-8-10-3-2-6-15-9-10/h1,4-5,7,10,13-14H,2-3,6,8-9H2. The molecular formula is C12H17NO2. The zero-order valence-electron chi connectivity index (χ0n) is 8.78. The molecule has 1 fully saturated rings. The minimum Gasteiger partial charge on any atom is -0.508 e. The molecule has 1 aliphatic rings. The largest absolute Gasteiger partial charge is 0.508 e. The molecule has 15 heavy (non-hydrogen) atoms. The molecule has 0 bridgehead atoms. The van der Waals surface area contributed by atoms with Gasteiger partial charge in [-0.15, -0.1) is 0 Å². The molecule has 0 radical (unpaired) electrons. The molecule has 0 aromatic heterocycles. The van der Waals surface area contributed by atoms with Crippen LogP contribution in [-0.4, -0.2) is 24.9 Å². The highest BCUT2D eigenvalue weighted by atomic mass is 16.5. The van der Waals surface area contributed by atoms with E-state index < -0.39 is 0 Å². The fourth-order valence-corrected chi connectivity index (χ4v) is 1.85. The van der Waals surface area contributed by atoms with Crippen LogP contribution in [-0.2, 0) is 4.74 Å². The molecule has 82 valence electrons. The topological polar surface area (TPSA) is 41.5 Å². The van der Waals surface area contributed by atoms with Crippen LogP contribution in [0.3, 0.4) is 0 Å². The van der Waals surface area contributed by atoms with Crippen LogP contribution in [0.4, 0.5) is 5.69 Å². The Balaban J connectivity index is 1.81. The molecule has 3 nitrogen and oxygen atoms in total. The molecule has 1 unspecified atom stereocenters. The van der Waals surface area contributed by atoms with E-state index in [1.807, 2.05) is 12.1 Å². The Morgan fingerprint density at radius 2 is 2.40 bits per heavy atom. The highest BCUT2D eigenvalue weighted by Crippen LogP contribution is 2.18. The molecule has 1 aromatic carbocycles. The lowest BCUT2D eigenvalue weighted by Gasteiger charge is -2.22. The number of anilines is 1. The van der Waals surface area contributed by atoms with E-state index in [-0.39, 0.29) is 0 Å². The van der Waals surface area contributed by atoms with Crippen molar-refractivity contribution in [3.8, 4) is 5.75 Å². The average molecular weight is 207 g/mol. The van der Waals surface area contributed by atoms with E-state index in [1.54, 1.807) is 12.1 Å². The van der Waals surface area contributed by atoms with Crippen molar-refractivity contribution in [3.05, 3.63) is 24.3 Å². The first-order valence-electron chi connectivity index (χ1n) is 5.45. The van der Waals surface area contributed by atoms with Crippen LogP contribution in [0, 0.1) is 5.92 Å². The Hall–Kier alpha value is -1.22. The van der Waals surface area contributed by atoms with Crippen LogP contribution >= 0.6 is 0 Å². The van der Waals surface area contributed by atoms with E-state index in [0.717, 1.165) is 31.9 Å². The van der Waals surface area contributed by atoms with Crippen LogP contribution in [0.5, 0.6) is 5.75 Å². The second-order valence-electron chi connectivity index (χ2n) is 4.01. The molecule has 0 spiro atoms. The molecule has 2 rings (SSSR count). The number of phenolic OH excluding ortho intramolecular Hbond substituents is 1. The van der Waals surface area contributed by atoms with E-state index in [2.05, 4.69) is 5.32 Å². The lowest BCUT2D eigenvalue weighted by atomic mass is 10.0. The number of benzene rings is 1. The summed E-state index contributed by atoms with van der Waals surface area (Å²) in [6, 6.07) is 7.22. The lowest BCUT2D eigenvalue weighted by Crippen LogP contribution is -2.24. The van der Waals surface area contributed by atoms with Gasteiger partial charge < -0.3 is 15.2 Å². The van der Waals surface area contributed by atoms with Gasteiger partial charge in [0.15, 0.2) is 0 Å². The molecular weight excluding hydrogens is 190 g/mol. The zero-order valence-corrected chi connectivity index (χ0v) is 8.78. The maximum absolute atomic E-state index is 9.29. The number of hydrogen-bond donors (Lipinski definition) is 2. The second-order valence-corrected chi connectivity index (χ2v) is 4.01. The molecule has 1 atom stereocenters. The summed E-state index contributed by atoms with van der Waals surface area (Å²) >= 11 is 0. The summed E-state index contributed by atoms with van der Waals surface area (Å²) in [6.45, 7) is 2.68. The summed E-state index contributed by atoms with van der Waals surface area (Å²) < 4.78 is 5.40. The first-order chi connectivity index (χ1) is 7.34. The number of aromatic hydroxyl groups is 1. The van der Waals surface area contributed by atoms with Gasteiger partial charge in [-0.1, -0.05) is 6.07 Å². The Morgan fingerprint density at radius 1 is 1.47 bits per heavy atom. The van der Waals surface area contributed by atoms with Crippen molar-refractivity contribution < 1.29 is 9.84 Å². The van der Waals surface area contributed by atoms with Crippen molar-refractivity contribution in [3.63, 3.8) is 0 Å². The van der Waals surface area contributed by atoms with E-state index in [0.29, 0.717) is 11.7 Å². The van der Waals surface area contributed by atoms with Gasteiger partial charge in [-0.05, 0) is 30.9 Å².